The fraction of sp³-hybridized carbons (Fsp3) is 0.500. The molecule has 0 aromatic heterocycles. The number of amidine groups is 1. The largest absolute Gasteiger partial charge is 0.402 e. The maximum atomic E-state index is 10.8. The van der Waals surface area contributed by atoms with Crippen LogP contribution in [0.1, 0.15) is 13.3 Å². The Morgan fingerprint density at radius 3 is 3.10 bits per heavy atom. The van der Waals surface area contributed by atoms with Crippen LogP contribution in [0.5, 0.6) is 0 Å². The van der Waals surface area contributed by atoms with Gasteiger partial charge in [-0.2, -0.15) is 0 Å². The number of thioether (sulfide) groups is 1. The minimum atomic E-state index is 0.557. The van der Waals surface area contributed by atoms with Crippen molar-refractivity contribution < 1.29 is 4.76 Å². The third-order valence-corrected chi connectivity index (χ3v) is 2.17. The molecule has 0 aromatic carbocycles. The minimum Gasteiger partial charge on any atom is -0.0646 e. The van der Waals surface area contributed by atoms with Gasteiger partial charge in [-0.15, -0.1) is 0 Å². The first-order valence-corrected chi connectivity index (χ1v) is 4.17. The third kappa shape index (κ3) is 1.67. The van der Waals surface area contributed by atoms with Crippen LogP contribution in [0.25, 0.3) is 0 Å². The van der Waals surface area contributed by atoms with E-state index in [0.29, 0.717) is 5.17 Å². The van der Waals surface area contributed by atoms with Crippen LogP contribution in [0, 0.1) is 4.91 Å². The van der Waals surface area contributed by atoms with E-state index in [2.05, 4.69) is 11.9 Å². The van der Waals surface area contributed by atoms with Crippen molar-refractivity contribution in [2.75, 3.05) is 5.75 Å². The standard InChI is InChI=1S/C6H9N2OS/c1-2-5-10-6-7-3-4-8(6)9/h3-4H,2,5H2,1H3/q+1. The maximum absolute atomic E-state index is 10.8. The van der Waals surface area contributed by atoms with E-state index in [1.54, 1.807) is 0 Å². The Bertz CT molecular complexity index is 198. The molecule has 4 heteroatoms. The monoisotopic (exact) mass is 157 g/mol. The quantitative estimate of drug-likeness (QED) is 0.572. The molecular formula is C6H9N2OS+. The van der Waals surface area contributed by atoms with Crippen LogP contribution in [0.3, 0.4) is 0 Å². The normalized spacial score (nSPS) is 16.1. The van der Waals surface area contributed by atoms with Crippen molar-refractivity contribution in [3.63, 3.8) is 0 Å². The van der Waals surface area contributed by atoms with Crippen molar-refractivity contribution in [2.45, 2.75) is 13.3 Å². The number of aliphatic imine (C=N–C) groups is 1. The number of nitrogens with zero attached hydrogens (tertiary/aromatic N) is 2. The Balaban J connectivity index is 2.37. The molecule has 0 N–H and O–H groups in total. The molecule has 0 amide bonds. The van der Waals surface area contributed by atoms with Crippen LogP contribution in [0.4, 0.5) is 0 Å². The SMILES string of the molecule is CCCSC1=NC=C[N+]1=O. The Kier molecular flexibility index (Phi) is 2.62. The average Bonchev–Trinajstić information content (AvgIpc) is 2.31. The highest BCUT2D eigenvalue weighted by Crippen LogP contribution is 2.10. The molecular weight excluding hydrogens is 148 g/mol. The zero-order chi connectivity index (χ0) is 7.40. The van der Waals surface area contributed by atoms with Gasteiger partial charge in [0.15, 0.2) is 12.4 Å². The van der Waals surface area contributed by atoms with E-state index < -0.39 is 0 Å². The summed E-state index contributed by atoms with van der Waals surface area (Å²) in [5, 5.41) is 0.557. The van der Waals surface area contributed by atoms with Crippen LogP contribution < -0.4 is 0 Å². The van der Waals surface area contributed by atoms with Gasteiger partial charge in [0, 0.05) is 10.5 Å². The molecule has 1 aliphatic rings. The Morgan fingerprint density at radius 2 is 2.60 bits per heavy atom. The highest BCUT2D eigenvalue weighted by atomic mass is 32.2. The molecule has 0 radical (unpaired) electrons. The number of hydrogen-bond donors (Lipinski definition) is 0. The van der Waals surface area contributed by atoms with Crippen molar-refractivity contribution in [2.24, 2.45) is 4.99 Å². The highest BCUT2D eigenvalue weighted by Gasteiger charge is 2.20. The highest BCUT2D eigenvalue weighted by molar-refractivity contribution is 8.13. The van der Waals surface area contributed by atoms with E-state index in [-0.39, 0.29) is 0 Å². The molecule has 0 saturated heterocycles. The lowest BCUT2D eigenvalue weighted by Gasteiger charge is -1.87. The Labute approximate surface area is 63.8 Å². The van der Waals surface area contributed by atoms with Crippen LogP contribution in [0.2, 0.25) is 0 Å². The van der Waals surface area contributed by atoms with E-state index in [1.165, 1.54) is 24.2 Å². The van der Waals surface area contributed by atoms with Crippen molar-refractivity contribution >= 4 is 16.9 Å². The van der Waals surface area contributed by atoms with Gasteiger partial charge in [0.25, 0.3) is 0 Å². The smallest absolute Gasteiger partial charge is 0.0646 e. The molecule has 0 atom stereocenters. The lowest BCUT2D eigenvalue weighted by atomic mass is 10.6. The summed E-state index contributed by atoms with van der Waals surface area (Å²) >= 11 is 1.49. The Hall–Kier alpha value is -0.640. The summed E-state index contributed by atoms with van der Waals surface area (Å²) in [6.45, 7) is 2.07. The van der Waals surface area contributed by atoms with E-state index in [4.69, 9.17) is 0 Å². The van der Waals surface area contributed by atoms with E-state index >= 15 is 0 Å². The second-order valence-corrected chi connectivity index (χ2v) is 2.95. The van der Waals surface area contributed by atoms with Crippen molar-refractivity contribution in [3.05, 3.63) is 17.3 Å². The van der Waals surface area contributed by atoms with Gasteiger partial charge in [-0.25, -0.2) is 0 Å². The van der Waals surface area contributed by atoms with Gasteiger partial charge in [-0.3, -0.25) is 0 Å². The second-order valence-electron chi connectivity index (χ2n) is 1.88. The fourth-order valence-electron chi connectivity index (χ4n) is 0.573. The first kappa shape index (κ1) is 7.47. The number of hydrogen-bond acceptors (Lipinski definition) is 3. The fourth-order valence-corrected chi connectivity index (χ4v) is 1.28. The number of nitroso groups, excluding NO2 is 1. The van der Waals surface area contributed by atoms with Gasteiger partial charge in [-0.05, 0) is 23.2 Å². The molecule has 10 heavy (non-hydrogen) atoms. The van der Waals surface area contributed by atoms with Crippen molar-refractivity contribution in [3.8, 4) is 0 Å². The zero-order valence-corrected chi connectivity index (χ0v) is 6.60. The van der Waals surface area contributed by atoms with Crippen LogP contribution in [0.15, 0.2) is 17.4 Å². The molecule has 0 saturated carbocycles. The first-order valence-electron chi connectivity index (χ1n) is 3.18. The molecule has 0 aromatic rings. The van der Waals surface area contributed by atoms with E-state index in [9.17, 15) is 4.91 Å². The molecule has 54 valence electrons. The summed E-state index contributed by atoms with van der Waals surface area (Å²) in [6.07, 6.45) is 4.00. The van der Waals surface area contributed by atoms with Crippen LogP contribution in [-0.2, 0) is 0 Å². The van der Waals surface area contributed by atoms with Crippen molar-refractivity contribution in [1.29, 1.82) is 0 Å². The van der Waals surface area contributed by atoms with E-state index in [0.717, 1.165) is 16.9 Å². The molecule has 0 spiro atoms. The molecule has 1 rings (SSSR count). The summed E-state index contributed by atoms with van der Waals surface area (Å²) in [6, 6.07) is 0. The number of rotatable bonds is 2. The van der Waals surface area contributed by atoms with Gasteiger partial charge in [0.2, 0.25) is 0 Å². The first-order chi connectivity index (χ1) is 4.84. The van der Waals surface area contributed by atoms with Gasteiger partial charge in [-0.1, -0.05) is 11.8 Å². The van der Waals surface area contributed by atoms with Crippen LogP contribution in [-0.4, -0.2) is 15.7 Å². The zero-order valence-electron chi connectivity index (χ0n) is 5.78. The lowest BCUT2D eigenvalue weighted by molar-refractivity contribution is -0.338. The molecule has 0 aliphatic carbocycles. The summed E-state index contributed by atoms with van der Waals surface area (Å²) < 4.78 is 0.792. The summed E-state index contributed by atoms with van der Waals surface area (Å²) in [7, 11) is 0. The third-order valence-electron chi connectivity index (χ3n) is 1.01. The molecule has 1 aliphatic heterocycles. The topological polar surface area (TPSA) is 32.4 Å². The maximum Gasteiger partial charge on any atom is 0.402 e. The predicted molar refractivity (Wildman–Crippen MR) is 43.0 cm³/mol. The summed E-state index contributed by atoms with van der Waals surface area (Å²) in [5.74, 6) is 0.958. The van der Waals surface area contributed by atoms with Gasteiger partial charge < -0.3 is 0 Å². The average molecular weight is 157 g/mol. The molecule has 0 bridgehead atoms. The van der Waals surface area contributed by atoms with Gasteiger partial charge in [0.1, 0.15) is 0 Å². The molecule has 1 heterocycles. The molecule has 0 unspecified atom stereocenters. The molecule has 3 nitrogen and oxygen atoms in total. The van der Waals surface area contributed by atoms with Gasteiger partial charge in [0.05, 0.1) is 0 Å². The second kappa shape index (κ2) is 3.51. The summed E-state index contributed by atoms with van der Waals surface area (Å²) in [4.78, 5) is 14.6. The van der Waals surface area contributed by atoms with Gasteiger partial charge >= 0.3 is 5.17 Å². The lowest BCUT2D eigenvalue weighted by Crippen LogP contribution is -2.03. The summed E-state index contributed by atoms with van der Waals surface area (Å²) in [5.41, 5.74) is 0. The predicted octanol–water partition coefficient (Wildman–Crippen LogP) is 1.75. The van der Waals surface area contributed by atoms with Crippen molar-refractivity contribution in [1.82, 2.24) is 0 Å². The molecule has 0 fully saturated rings. The van der Waals surface area contributed by atoms with E-state index in [1.807, 2.05) is 0 Å². The van der Waals surface area contributed by atoms with Crippen LogP contribution >= 0.6 is 11.8 Å². The Morgan fingerprint density at radius 1 is 1.80 bits per heavy atom. The minimum absolute atomic E-state index is 0.557.